The molecule has 0 amide bonds. The molecular formula is C15H12O7S. The molecule has 0 spiro atoms. The summed E-state index contributed by atoms with van der Waals surface area (Å²) in [5.41, 5.74) is -1.27. The van der Waals surface area contributed by atoms with Gasteiger partial charge in [-0.2, -0.15) is 0 Å². The van der Waals surface area contributed by atoms with Crippen molar-refractivity contribution in [3.63, 3.8) is 0 Å². The van der Waals surface area contributed by atoms with Crippen LogP contribution in [-0.4, -0.2) is 37.7 Å². The minimum absolute atomic E-state index is 0.0403. The predicted octanol–water partition coefficient (Wildman–Crippen LogP) is 1.92. The van der Waals surface area contributed by atoms with Gasteiger partial charge in [0.25, 0.3) is 0 Å². The maximum absolute atomic E-state index is 12.6. The zero-order valence-corrected chi connectivity index (χ0v) is 12.7. The monoisotopic (exact) mass is 336 g/mol. The molecule has 0 aromatic heterocycles. The number of hydrogen-bond donors (Lipinski definition) is 2. The van der Waals surface area contributed by atoms with E-state index in [1.165, 1.54) is 24.3 Å². The Kier molecular flexibility index (Phi) is 4.37. The van der Waals surface area contributed by atoms with E-state index in [0.717, 1.165) is 19.2 Å². The Balaban J connectivity index is 2.77. The lowest BCUT2D eigenvalue weighted by Crippen LogP contribution is -2.13. The first-order chi connectivity index (χ1) is 10.8. The second-order valence-electron chi connectivity index (χ2n) is 4.47. The van der Waals surface area contributed by atoms with E-state index in [2.05, 4.69) is 0 Å². The van der Waals surface area contributed by atoms with Crippen molar-refractivity contribution in [1.29, 1.82) is 0 Å². The second-order valence-corrected chi connectivity index (χ2v) is 6.42. The molecule has 23 heavy (non-hydrogen) atoms. The SMILES string of the molecule is COc1cc(S(=O)(=O)c2ccccc2)cc(C(=O)O)c1C(=O)O. The van der Waals surface area contributed by atoms with Crippen molar-refractivity contribution in [2.24, 2.45) is 0 Å². The summed E-state index contributed by atoms with van der Waals surface area (Å²) in [6, 6.07) is 9.20. The third-order valence-corrected chi connectivity index (χ3v) is 4.85. The van der Waals surface area contributed by atoms with Crippen LogP contribution in [0.25, 0.3) is 0 Å². The topological polar surface area (TPSA) is 118 Å². The van der Waals surface area contributed by atoms with Gasteiger partial charge < -0.3 is 14.9 Å². The van der Waals surface area contributed by atoms with E-state index in [-0.39, 0.29) is 15.5 Å². The lowest BCUT2D eigenvalue weighted by atomic mass is 10.1. The lowest BCUT2D eigenvalue weighted by Gasteiger charge is -2.12. The van der Waals surface area contributed by atoms with E-state index < -0.39 is 32.9 Å². The highest BCUT2D eigenvalue weighted by Gasteiger charge is 2.27. The molecule has 0 atom stereocenters. The zero-order valence-electron chi connectivity index (χ0n) is 11.9. The van der Waals surface area contributed by atoms with Crippen LogP contribution in [0.2, 0.25) is 0 Å². The molecule has 0 aliphatic carbocycles. The first-order valence-corrected chi connectivity index (χ1v) is 7.76. The maximum Gasteiger partial charge on any atom is 0.340 e. The van der Waals surface area contributed by atoms with Gasteiger partial charge in [-0.05, 0) is 18.2 Å². The predicted molar refractivity (Wildman–Crippen MR) is 78.8 cm³/mol. The smallest absolute Gasteiger partial charge is 0.340 e. The van der Waals surface area contributed by atoms with Crippen molar-refractivity contribution in [2.75, 3.05) is 7.11 Å². The van der Waals surface area contributed by atoms with Crippen molar-refractivity contribution < 1.29 is 33.0 Å². The number of aromatic carboxylic acids is 2. The minimum atomic E-state index is -4.01. The Bertz CT molecular complexity index is 870. The van der Waals surface area contributed by atoms with Crippen LogP contribution >= 0.6 is 0 Å². The molecule has 0 radical (unpaired) electrons. The zero-order chi connectivity index (χ0) is 17.2. The number of benzene rings is 2. The van der Waals surface area contributed by atoms with Gasteiger partial charge in [0.15, 0.2) is 0 Å². The van der Waals surface area contributed by atoms with Crippen molar-refractivity contribution in [3.05, 3.63) is 53.6 Å². The molecule has 0 aliphatic heterocycles. The molecule has 0 fully saturated rings. The number of carboxylic acids is 2. The van der Waals surface area contributed by atoms with E-state index in [9.17, 15) is 23.1 Å². The Hall–Kier alpha value is -2.87. The van der Waals surface area contributed by atoms with Crippen LogP contribution in [0.1, 0.15) is 20.7 Å². The molecule has 8 heteroatoms. The summed E-state index contributed by atoms with van der Waals surface area (Å²) in [4.78, 5) is 22.1. The maximum atomic E-state index is 12.6. The number of hydrogen-bond acceptors (Lipinski definition) is 5. The van der Waals surface area contributed by atoms with E-state index in [4.69, 9.17) is 9.84 Å². The van der Waals surface area contributed by atoms with Crippen LogP contribution in [0.5, 0.6) is 5.75 Å². The fraction of sp³-hybridized carbons (Fsp3) is 0.0667. The first kappa shape index (κ1) is 16.5. The Labute approximate surface area is 131 Å². The van der Waals surface area contributed by atoms with Gasteiger partial charge >= 0.3 is 11.9 Å². The van der Waals surface area contributed by atoms with Gasteiger partial charge in [0.1, 0.15) is 11.3 Å². The average Bonchev–Trinajstić information content (AvgIpc) is 2.54. The molecule has 0 saturated carbocycles. The van der Waals surface area contributed by atoms with Crippen LogP contribution in [0.15, 0.2) is 52.3 Å². The van der Waals surface area contributed by atoms with Gasteiger partial charge in [0.05, 0.1) is 22.5 Å². The van der Waals surface area contributed by atoms with Crippen molar-refractivity contribution in [3.8, 4) is 5.75 Å². The molecule has 0 aliphatic rings. The number of carbonyl (C=O) groups is 2. The minimum Gasteiger partial charge on any atom is -0.496 e. The molecule has 2 rings (SSSR count). The van der Waals surface area contributed by atoms with E-state index in [1.807, 2.05) is 0 Å². The molecule has 0 saturated heterocycles. The molecule has 0 unspecified atom stereocenters. The number of sulfone groups is 1. The largest absolute Gasteiger partial charge is 0.496 e. The number of rotatable bonds is 5. The first-order valence-electron chi connectivity index (χ1n) is 6.27. The van der Waals surface area contributed by atoms with Gasteiger partial charge in [-0.15, -0.1) is 0 Å². The molecule has 7 nitrogen and oxygen atoms in total. The lowest BCUT2D eigenvalue weighted by molar-refractivity contribution is 0.0648. The number of methoxy groups -OCH3 is 1. The summed E-state index contributed by atoms with van der Waals surface area (Å²) in [7, 11) is -2.88. The summed E-state index contributed by atoms with van der Waals surface area (Å²) in [6.45, 7) is 0. The summed E-state index contributed by atoms with van der Waals surface area (Å²) < 4.78 is 30.0. The average molecular weight is 336 g/mol. The third kappa shape index (κ3) is 3.02. The van der Waals surface area contributed by atoms with Gasteiger partial charge in [0.2, 0.25) is 9.84 Å². The van der Waals surface area contributed by atoms with Crippen molar-refractivity contribution >= 4 is 21.8 Å². The number of carboxylic acid groups (broad SMARTS) is 2. The number of ether oxygens (including phenoxy) is 1. The van der Waals surface area contributed by atoms with Crippen LogP contribution in [0.4, 0.5) is 0 Å². The molecule has 2 aromatic carbocycles. The van der Waals surface area contributed by atoms with Crippen LogP contribution in [0, 0.1) is 0 Å². The van der Waals surface area contributed by atoms with Crippen LogP contribution < -0.4 is 4.74 Å². The van der Waals surface area contributed by atoms with Crippen molar-refractivity contribution in [2.45, 2.75) is 9.79 Å². The van der Waals surface area contributed by atoms with Gasteiger partial charge in [-0.25, -0.2) is 18.0 Å². The highest BCUT2D eigenvalue weighted by Crippen LogP contribution is 2.30. The van der Waals surface area contributed by atoms with Gasteiger partial charge in [0, 0.05) is 6.07 Å². The van der Waals surface area contributed by atoms with Crippen molar-refractivity contribution in [1.82, 2.24) is 0 Å². The molecular weight excluding hydrogens is 324 g/mol. The third-order valence-electron chi connectivity index (χ3n) is 3.10. The second kappa shape index (κ2) is 6.09. The molecule has 0 heterocycles. The highest BCUT2D eigenvalue weighted by molar-refractivity contribution is 7.91. The molecule has 0 bridgehead atoms. The highest BCUT2D eigenvalue weighted by atomic mass is 32.2. The fourth-order valence-electron chi connectivity index (χ4n) is 2.03. The van der Waals surface area contributed by atoms with Crippen LogP contribution in [-0.2, 0) is 9.84 Å². The molecule has 120 valence electrons. The summed E-state index contributed by atoms with van der Waals surface area (Å²) in [6.07, 6.45) is 0. The molecule has 2 N–H and O–H groups in total. The van der Waals surface area contributed by atoms with Gasteiger partial charge in [-0.1, -0.05) is 18.2 Å². The fourth-order valence-corrected chi connectivity index (χ4v) is 3.35. The van der Waals surface area contributed by atoms with Gasteiger partial charge in [-0.3, -0.25) is 0 Å². The standard InChI is InChI=1S/C15H12O7S/c1-22-12-8-10(7-11(14(16)17)13(12)15(18)19)23(20,21)9-5-3-2-4-6-9/h2-8H,1H3,(H,16,17)(H,18,19). The van der Waals surface area contributed by atoms with E-state index in [1.54, 1.807) is 6.07 Å². The summed E-state index contributed by atoms with van der Waals surface area (Å²) in [5, 5.41) is 18.3. The van der Waals surface area contributed by atoms with Crippen LogP contribution in [0.3, 0.4) is 0 Å². The van der Waals surface area contributed by atoms with E-state index >= 15 is 0 Å². The Morgan fingerprint density at radius 2 is 1.57 bits per heavy atom. The molecule has 2 aromatic rings. The Morgan fingerprint density at radius 1 is 0.957 bits per heavy atom. The summed E-state index contributed by atoms with van der Waals surface area (Å²) >= 11 is 0. The summed E-state index contributed by atoms with van der Waals surface area (Å²) in [5.74, 6) is -3.43. The quantitative estimate of drug-likeness (QED) is 0.856. The normalized spacial score (nSPS) is 11.0. The van der Waals surface area contributed by atoms with E-state index in [0.29, 0.717) is 0 Å². The Morgan fingerprint density at radius 3 is 2.04 bits per heavy atom.